The van der Waals surface area contributed by atoms with Crippen molar-refractivity contribution in [2.75, 3.05) is 0 Å². The summed E-state index contributed by atoms with van der Waals surface area (Å²) < 4.78 is 15.2. The minimum atomic E-state index is -0.683. The smallest absolute Gasteiger partial charge is 0.347 e. The Kier molecular flexibility index (Phi) is 4.31. The highest BCUT2D eigenvalue weighted by Crippen LogP contribution is 2.30. The SMILES string of the molecule is O=C1OC(=O)c2cc(Cc3ccc4ccc(Oc5ccc6c(c5)C(=O)OC6=O)cc4c3)ccc21. The molecule has 0 aromatic heterocycles. The molecule has 2 aliphatic heterocycles. The van der Waals surface area contributed by atoms with Gasteiger partial charge in [-0.1, -0.05) is 30.3 Å². The number of ether oxygens (including phenoxy) is 3. The lowest BCUT2D eigenvalue weighted by molar-refractivity contribution is 0.0425. The molecule has 6 rings (SSSR count). The van der Waals surface area contributed by atoms with Crippen molar-refractivity contribution in [3.63, 3.8) is 0 Å². The predicted molar refractivity (Wildman–Crippen MR) is 119 cm³/mol. The molecule has 0 aliphatic carbocycles. The first-order valence-electron chi connectivity index (χ1n) is 10.5. The lowest BCUT2D eigenvalue weighted by Gasteiger charge is -2.09. The van der Waals surface area contributed by atoms with E-state index in [4.69, 9.17) is 4.74 Å². The van der Waals surface area contributed by atoms with Crippen LogP contribution in [-0.2, 0) is 15.9 Å². The van der Waals surface area contributed by atoms with E-state index in [1.807, 2.05) is 42.5 Å². The monoisotopic (exact) mass is 450 g/mol. The lowest BCUT2D eigenvalue weighted by atomic mass is 9.98. The van der Waals surface area contributed by atoms with Gasteiger partial charge in [-0.3, -0.25) is 0 Å². The average molecular weight is 450 g/mol. The molecule has 0 saturated carbocycles. The van der Waals surface area contributed by atoms with Gasteiger partial charge in [0, 0.05) is 0 Å². The molecule has 2 aliphatic rings. The van der Waals surface area contributed by atoms with Gasteiger partial charge < -0.3 is 14.2 Å². The second kappa shape index (κ2) is 7.38. The summed E-state index contributed by atoms with van der Waals surface area (Å²) >= 11 is 0. The summed E-state index contributed by atoms with van der Waals surface area (Å²) in [6, 6.07) is 21.4. The van der Waals surface area contributed by atoms with E-state index in [-0.39, 0.29) is 11.1 Å². The Hall–Kier alpha value is -4.78. The highest BCUT2D eigenvalue weighted by Gasteiger charge is 2.30. The Morgan fingerprint density at radius 3 is 1.79 bits per heavy atom. The topological polar surface area (TPSA) is 96.0 Å². The number of carbonyl (C=O) groups is 4. The summed E-state index contributed by atoms with van der Waals surface area (Å²) in [6.07, 6.45) is 0.566. The van der Waals surface area contributed by atoms with Gasteiger partial charge in [-0.15, -0.1) is 0 Å². The minimum absolute atomic E-state index is 0.186. The fraction of sp³-hybridized carbons (Fsp3) is 0.0370. The number of hydrogen-bond donors (Lipinski definition) is 0. The Morgan fingerprint density at radius 2 is 1.03 bits per heavy atom. The van der Waals surface area contributed by atoms with Crippen molar-refractivity contribution < 1.29 is 33.4 Å². The van der Waals surface area contributed by atoms with Crippen LogP contribution in [0.1, 0.15) is 52.6 Å². The number of rotatable bonds is 4. The highest BCUT2D eigenvalue weighted by molar-refractivity contribution is 6.15. The average Bonchev–Trinajstić information content (AvgIpc) is 3.27. The van der Waals surface area contributed by atoms with Crippen molar-refractivity contribution in [1.82, 2.24) is 0 Å². The van der Waals surface area contributed by atoms with E-state index in [1.54, 1.807) is 18.2 Å². The molecule has 0 bridgehead atoms. The van der Waals surface area contributed by atoms with Crippen LogP contribution in [0, 0.1) is 0 Å². The maximum atomic E-state index is 11.8. The van der Waals surface area contributed by atoms with Gasteiger partial charge in [0.2, 0.25) is 0 Å². The maximum absolute atomic E-state index is 11.8. The van der Waals surface area contributed by atoms with Crippen molar-refractivity contribution in [3.8, 4) is 11.5 Å². The number of carbonyl (C=O) groups excluding carboxylic acids is 4. The van der Waals surface area contributed by atoms with E-state index in [0.717, 1.165) is 21.9 Å². The van der Waals surface area contributed by atoms with E-state index in [9.17, 15) is 19.2 Å². The number of hydrogen-bond acceptors (Lipinski definition) is 7. The molecule has 0 atom stereocenters. The fourth-order valence-electron chi connectivity index (χ4n) is 4.19. The predicted octanol–water partition coefficient (Wildman–Crippen LogP) is 4.84. The highest BCUT2D eigenvalue weighted by atomic mass is 16.6. The van der Waals surface area contributed by atoms with Crippen molar-refractivity contribution >= 4 is 34.6 Å². The van der Waals surface area contributed by atoms with Crippen LogP contribution >= 0.6 is 0 Å². The molecule has 4 aromatic carbocycles. The summed E-state index contributed by atoms with van der Waals surface area (Å²) in [5.41, 5.74) is 2.89. The van der Waals surface area contributed by atoms with Crippen LogP contribution in [-0.4, -0.2) is 23.9 Å². The van der Waals surface area contributed by atoms with Crippen LogP contribution in [0.3, 0.4) is 0 Å². The first-order chi connectivity index (χ1) is 16.4. The van der Waals surface area contributed by atoms with E-state index in [0.29, 0.717) is 29.0 Å². The molecule has 0 radical (unpaired) electrons. The van der Waals surface area contributed by atoms with Crippen LogP contribution in [0.25, 0.3) is 10.8 Å². The molecule has 4 aromatic rings. The molecule has 0 saturated heterocycles. The third-order valence-electron chi connectivity index (χ3n) is 5.85. The zero-order valence-corrected chi connectivity index (χ0v) is 17.5. The number of esters is 4. The molecule has 164 valence electrons. The molecular formula is C27H14O7. The molecule has 34 heavy (non-hydrogen) atoms. The van der Waals surface area contributed by atoms with Crippen LogP contribution in [0.15, 0.2) is 72.8 Å². The Labute approximate surface area is 192 Å². The summed E-state index contributed by atoms with van der Waals surface area (Å²) in [4.78, 5) is 46.9. The molecular weight excluding hydrogens is 436 g/mol. The van der Waals surface area contributed by atoms with E-state index in [2.05, 4.69) is 9.47 Å². The van der Waals surface area contributed by atoms with E-state index >= 15 is 0 Å². The first-order valence-corrected chi connectivity index (χ1v) is 10.5. The third kappa shape index (κ3) is 3.31. The van der Waals surface area contributed by atoms with Crippen molar-refractivity contribution in [2.24, 2.45) is 0 Å². The first kappa shape index (κ1) is 19.9. The number of cyclic esters (lactones) is 4. The standard InChI is InChI=1S/C27H14O7/c28-24-20-7-2-15(11-22(20)26(30)33-24)9-14-1-3-16-4-5-18(12-17(16)10-14)32-19-6-8-21-23(13-19)27(31)34-25(21)29/h1-8,10-13H,9H2. The minimum Gasteiger partial charge on any atom is -0.457 e. The van der Waals surface area contributed by atoms with Crippen LogP contribution in [0.4, 0.5) is 0 Å². The maximum Gasteiger partial charge on any atom is 0.347 e. The van der Waals surface area contributed by atoms with Gasteiger partial charge in [0.15, 0.2) is 0 Å². The summed E-state index contributed by atoms with van der Waals surface area (Å²) in [7, 11) is 0. The normalized spacial score (nSPS) is 14.1. The fourth-order valence-corrected chi connectivity index (χ4v) is 4.19. The third-order valence-corrected chi connectivity index (χ3v) is 5.85. The quantitative estimate of drug-likeness (QED) is 0.324. The molecule has 0 amide bonds. The molecule has 7 nitrogen and oxygen atoms in total. The Bertz CT molecular complexity index is 1470. The van der Waals surface area contributed by atoms with Crippen LogP contribution in [0.5, 0.6) is 11.5 Å². The van der Waals surface area contributed by atoms with E-state index < -0.39 is 23.9 Å². The molecule has 0 fully saturated rings. The second-order valence-corrected chi connectivity index (χ2v) is 8.06. The second-order valence-electron chi connectivity index (χ2n) is 8.06. The zero-order valence-electron chi connectivity index (χ0n) is 17.5. The van der Waals surface area contributed by atoms with Crippen LogP contribution in [0.2, 0.25) is 0 Å². The molecule has 0 unspecified atom stereocenters. The molecule has 0 spiro atoms. The van der Waals surface area contributed by atoms with Crippen LogP contribution < -0.4 is 4.74 Å². The van der Waals surface area contributed by atoms with Gasteiger partial charge in [0.05, 0.1) is 22.3 Å². The van der Waals surface area contributed by atoms with Gasteiger partial charge in [0.1, 0.15) is 11.5 Å². The summed E-state index contributed by atoms with van der Waals surface area (Å²) in [6.45, 7) is 0. The number of benzene rings is 4. The van der Waals surface area contributed by atoms with Gasteiger partial charge in [-0.25, -0.2) is 19.2 Å². The van der Waals surface area contributed by atoms with Gasteiger partial charge in [-0.05, 0) is 70.8 Å². The molecule has 7 heteroatoms. The van der Waals surface area contributed by atoms with Crippen molar-refractivity contribution in [1.29, 1.82) is 0 Å². The summed E-state index contributed by atoms with van der Waals surface area (Å²) in [5.74, 6) is -1.58. The van der Waals surface area contributed by atoms with Crippen molar-refractivity contribution in [3.05, 3.63) is 106 Å². The largest absolute Gasteiger partial charge is 0.457 e. The van der Waals surface area contributed by atoms with Crippen molar-refractivity contribution in [2.45, 2.75) is 6.42 Å². The van der Waals surface area contributed by atoms with Gasteiger partial charge >= 0.3 is 23.9 Å². The molecule has 2 heterocycles. The molecule has 0 N–H and O–H groups in total. The lowest BCUT2D eigenvalue weighted by Crippen LogP contribution is -1.97. The van der Waals surface area contributed by atoms with Gasteiger partial charge in [0.25, 0.3) is 0 Å². The van der Waals surface area contributed by atoms with E-state index in [1.165, 1.54) is 12.1 Å². The number of fused-ring (bicyclic) bond motifs is 3. The Balaban J connectivity index is 1.27. The zero-order chi connectivity index (χ0) is 23.4. The van der Waals surface area contributed by atoms with Gasteiger partial charge in [-0.2, -0.15) is 0 Å². The Morgan fingerprint density at radius 1 is 0.500 bits per heavy atom. The summed E-state index contributed by atoms with van der Waals surface area (Å²) in [5, 5.41) is 1.96.